The van der Waals surface area contributed by atoms with Crippen molar-refractivity contribution >= 4 is 23.0 Å². The number of hydrogen-bond acceptors (Lipinski definition) is 4. The fourth-order valence-electron chi connectivity index (χ4n) is 2.66. The molecule has 1 aliphatic rings. The topological polar surface area (TPSA) is 77.0 Å². The molecule has 0 radical (unpaired) electrons. The Labute approximate surface area is 111 Å². The van der Waals surface area contributed by atoms with E-state index in [9.17, 15) is 4.79 Å². The molecule has 19 heavy (non-hydrogen) atoms. The third-order valence-corrected chi connectivity index (χ3v) is 3.78. The summed E-state index contributed by atoms with van der Waals surface area (Å²) in [6.45, 7) is 1.62. The molecule has 100 valence electrons. The highest BCUT2D eigenvalue weighted by molar-refractivity contribution is 5.77. The number of amides is 1. The molecule has 1 amide bonds. The van der Waals surface area contributed by atoms with Crippen LogP contribution < -0.4 is 10.6 Å². The second kappa shape index (κ2) is 4.53. The maximum atomic E-state index is 11.2. The van der Waals surface area contributed by atoms with Gasteiger partial charge in [0.05, 0.1) is 0 Å². The van der Waals surface area contributed by atoms with Crippen molar-refractivity contribution in [1.29, 1.82) is 0 Å². The van der Waals surface area contributed by atoms with Crippen molar-refractivity contribution in [1.82, 2.24) is 14.5 Å². The highest BCUT2D eigenvalue weighted by Crippen LogP contribution is 2.24. The number of primary amides is 1. The quantitative estimate of drug-likeness (QED) is 0.860. The summed E-state index contributed by atoms with van der Waals surface area (Å²) in [4.78, 5) is 22.3. The summed E-state index contributed by atoms with van der Waals surface area (Å²) < 4.78 is 2.00. The molecule has 2 aromatic heterocycles. The van der Waals surface area contributed by atoms with Crippen LogP contribution in [0.3, 0.4) is 0 Å². The van der Waals surface area contributed by atoms with Gasteiger partial charge < -0.3 is 10.6 Å². The van der Waals surface area contributed by atoms with E-state index >= 15 is 0 Å². The number of aromatic nitrogens is 3. The Balaban J connectivity index is 1.86. The first-order valence-corrected chi connectivity index (χ1v) is 6.48. The van der Waals surface area contributed by atoms with Gasteiger partial charge in [0.1, 0.15) is 5.52 Å². The number of imidazole rings is 1. The zero-order valence-corrected chi connectivity index (χ0v) is 10.9. The number of piperidine rings is 1. The van der Waals surface area contributed by atoms with Crippen molar-refractivity contribution in [2.24, 2.45) is 18.7 Å². The second-order valence-corrected chi connectivity index (χ2v) is 4.98. The van der Waals surface area contributed by atoms with E-state index in [-0.39, 0.29) is 11.8 Å². The lowest BCUT2D eigenvalue weighted by molar-refractivity contribution is -0.122. The maximum absolute atomic E-state index is 11.2. The van der Waals surface area contributed by atoms with Gasteiger partial charge in [-0.05, 0) is 25.0 Å². The zero-order valence-electron chi connectivity index (χ0n) is 10.9. The van der Waals surface area contributed by atoms with Crippen molar-refractivity contribution in [3.05, 3.63) is 18.3 Å². The number of anilines is 1. The van der Waals surface area contributed by atoms with Gasteiger partial charge in [0, 0.05) is 32.3 Å². The average molecular weight is 259 g/mol. The van der Waals surface area contributed by atoms with E-state index in [4.69, 9.17) is 5.73 Å². The molecular formula is C13H17N5O. The lowest BCUT2D eigenvalue weighted by atomic mass is 9.96. The Morgan fingerprint density at radius 2 is 2.16 bits per heavy atom. The van der Waals surface area contributed by atoms with E-state index in [1.54, 1.807) is 6.20 Å². The van der Waals surface area contributed by atoms with E-state index in [0.717, 1.165) is 43.0 Å². The third-order valence-electron chi connectivity index (χ3n) is 3.78. The lowest BCUT2D eigenvalue weighted by Crippen LogP contribution is -2.39. The molecule has 3 rings (SSSR count). The molecule has 3 heterocycles. The van der Waals surface area contributed by atoms with Gasteiger partial charge in [-0.15, -0.1) is 0 Å². The first kappa shape index (κ1) is 12.0. The van der Waals surface area contributed by atoms with Crippen LogP contribution in [0, 0.1) is 5.92 Å². The van der Waals surface area contributed by atoms with Crippen molar-refractivity contribution in [2.75, 3.05) is 18.0 Å². The van der Waals surface area contributed by atoms with Crippen molar-refractivity contribution in [3.8, 4) is 0 Å². The molecule has 0 aliphatic carbocycles. The van der Waals surface area contributed by atoms with E-state index in [2.05, 4.69) is 14.9 Å². The van der Waals surface area contributed by atoms with E-state index in [1.165, 1.54) is 0 Å². The summed E-state index contributed by atoms with van der Waals surface area (Å²) in [7, 11) is 1.97. The number of nitrogens with two attached hydrogens (primary N) is 1. The monoisotopic (exact) mass is 259 g/mol. The number of fused-ring (bicyclic) bond motifs is 1. The van der Waals surface area contributed by atoms with Gasteiger partial charge in [0.25, 0.3) is 0 Å². The predicted molar refractivity (Wildman–Crippen MR) is 72.6 cm³/mol. The first-order chi connectivity index (χ1) is 9.16. The van der Waals surface area contributed by atoms with Crippen LogP contribution in [0.4, 0.5) is 5.95 Å². The summed E-state index contributed by atoms with van der Waals surface area (Å²) >= 11 is 0. The summed E-state index contributed by atoms with van der Waals surface area (Å²) in [5, 5.41) is 0. The Morgan fingerprint density at radius 1 is 1.42 bits per heavy atom. The van der Waals surface area contributed by atoms with Crippen LogP contribution in [0.2, 0.25) is 0 Å². The molecule has 0 bridgehead atoms. The summed E-state index contributed by atoms with van der Waals surface area (Å²) in [5.74, 6) is 0.729. The van der Waals surface area contributed by atoms with Crippen LogP contribution in [-0.2, 0) is 11.8 Å². The zero-order chi connectivity index (χ0) is 13.4. The molecular weight excluding hydrogens is 242 g/mol. The van der Waals surface area contributed by atoms with Crippen LogP contribution in [0.15, 0.2) is 18.3 Å². The van der Waals surface area contributed by atoms with E-state index in [0.29, 0.717) is 0 Å². The molecule has 6 heteroatoms. The third kappa shape index (κ3) is 2.03. The SMILES string of the molecule is Cn1c(N2CCC(C(N)=O)CC2)nc2cccnc21. The first-order valence-electron chi connectivity index (χ1n) is 6.48. The minimum absolute atomic E-state index is 0.00376. The second-order valence-electron chi connectivity index (χ2n) is 4.98. The summed E-state index contributed by atoms with van der Waals surface area (Å²) in [6, 6.07) is 3.85. The van der Waals surface area contributed by atoms with Gasteiger partial charge in [-0.1, -0.05) is 0 Å². The molecule has 0 aromatic carbocycles. The molecule has 0 atom stereocenters. The van der Waals surface area contributed by atoms with Crippen molar-refractivity contribution in [3.63, 3.8) is 0 Å². The van der Waals surface area contributed by atoms with Gasteiger partial charge in [-0.25, -0.2) is 9.97 Å². The number of carbonyl (C=O) groups excluding carboxylic acids is 1. The molecule has 1 aliphatic heterocycles. The molecule has 0 spiro atoms. The van der Waals surface area contributed by atoms with Crippen molar-refractivity contribution < 1.29 is 4.79 Å². The van der Waals surface area contributed by atoms with Gasteiger partial charge in [-0.3, -0.25) is 9.36 Å². The Morgan fingerprint density at radius 3 is 2.79 bits per heavy atom. The highest BCUT2D eigenvalue weighted by atomic mass is 16.1. The van der Waals surface area contributed by atoms with Crippen LogP contribution in [-0.4, -0.2) is 33.5 Å². The number of aryl methyl sites for hydroxylation is 1. The van der Waals surface area contributed by atoms with Gasteiger partial charge >= 0.3 is 0 Å². The normalized spacial score (nSPS) is 17.0. The highest BCUT2D eigenvalue weighted by Gasteiger charge is 2.25. The molecule has 0 saturated carbocycles. The predicted octanol–water partition coefficient (Wildman–Crippen LogP) is 0.670. The van der Waals surface area contributed by atoms with E-state index in [1.807, 2.05) is 23.7 Å². The van der Waals surface area contributed by atoms with Crippen LogP contribution >= 0.6 is 0 Å². The van der Waals surface area contributed by atoms with Crippen molar-refractivity contribution in [2.45, 2.75) is 12.8 Å². The molecule has 6 nitrogen and oxygen atoms in total. The largest absolute Gasteiger partial charge is 0.369 e. The summed E-state index contributed by atoms with van der Waals surface area (Å²) in [6.07, 6.45) is 3.37. The number of pyridine rings is 1. The molecule has 2 N–H and O–H groups in total. The number of carbonyl (C=O) groups is 1. The Hall–Kier alpha value is -2.11. The molecule has 1 saturated heterocycles. The smallest absolute Gasteiger partial charge is 0.220 e. The Kier molecular flexibility index (Phi) is 2.85. The Bertz CT molecular complexity index is 613. The minimum Gasteiger partial charge on any atom is -0.369 e. The van der Waals surface area contributed by atoms with Gasteiger partial charge in [-0.2, -0.15) is 0 Å². The number of nitrogens with zero attached hydrogens (tertiary/aromatic N) is 4. The van der Waals surface area contributed by atoms with E-state index < -0.39 is 0 Å². The average Bonchev–Trinajstić information content (AvgIpc) is 2.77. The fraction of sp³-hybridized carbons (Fsp3) is 0.462. The number of hydrogen-bond donors (Lipinski definition) is 1. The number of rotatable bonds is 2. The minimum atomic E-state index is -0.189. The van der Waals surface area contributed by atoms with Crippen LogP contribution in [0.5, 0.6) is 0 Å². The molecule has 1 fully saturated rings. The van der Waals surface area contributed by atoms with Gasteiger partial charge in [0.2, 0.25) is 11.9 Å². The van der Waals surface area contributed by atoms with Crippen LogP contribution in [0.1, 0.15) is 12.8 Å². The van der Waals surface area contributed by atoms with Crippen LogP contribution in [0.25, 0.3) is 11.2 Å². The molecule has 2 aromatic rings. The van der Waals surface area contributed by atoms with Gasteiger partial charge in [0.15, 0.2) is 5.65 Å². The molecule has 0 unspecified atom stereocenters. The lowest BCUT2D eigenvalue weighted by Gasteiger charge is -2.31. The summed E-state index contributed by atoms with van der Waals surface area (Å²) in [5.41, 5.74) is 7.14. The fourth-order valence-corrected chi connectivity index (χ4v) is 2.66. The maximum Gasteiger partial charge on any atom is 0.220 e. The standard InChI is InChI=1S/C13H17N5O/c1-17-12-10(3-2-6-15-12)16-13(17)18-7-4-9(5-8-18)11(14)19/h2-3,6,9H,4-5,7-8H2,1H3,(H2,14,19).